The van der Waals surface area contributed by atoms with Crippen LogP contribution in [0.25, 0.3) is 0 Å². The van der Waals surface area contributed by atoms with Gasteiger partial charge in [-0.15, -0.1) is 0 Å². The van der Waals surface area contributed by atoms with Crippen molar-refractivity contribution in [3.8, 4) is 0 Å². The van der Waals surface area contributed by atoms with E-state index in [2.05, 4.69) is 5.32 Å². The molecule has 0 radical (unpaired) electrons. The van der Waals surface area contributed by atoms with E-state index in [0.717, 1.165) is 23.8 Å². The van der Waals surface area contributed by atoms with Crippen molar-refractivity contribution in [3.05, 3.63) is 64.7 Å². The molecule has 192 valence electrons. The highest BCUT2D eigenvalue weighted by molar-refractivity contribution is 7.92. The van der Waals surface area contributed by atoms with Gasteiger partial charge in [-0.25, -0.2) is 8.42 Å². The van der Waals surface area contributed by atoms with E-state index in [0.29, 0.717) is 17.1 Å². The topological polar surface area (TPSA) is 86.8 Å². The predicted molar refractivity (Wildman–Crippen MR) is 142 cm³/mol. The SMILES string of the molecule is CC[C@H](C)NC(=O)[C@H](C)N(Cc1ccccc1Cl)C(=O)CCCN(c1cccc(C)c1)S(C)(=O)=O. The molecule has 7 nitrogen and oxygen atoms in total. The molecule has 0 saturated heterocycles. The monoisotopic (exact) mass is 521 g/mol. The van der Waals surface area contributed by atoms with E-state index in [9.17, 15) is 18.0 Å². The second-order valence-electron chi connectivity index (χ2n) is 8.88. The molecule has 0 saturated carbocycles. The summed E-state index contributed by atoms with van der Waals surface area (Å²) < 4.78 is 26.2. The highest BCUT2D eigenvalue weighted by atomic mass is 35.5. The molecule has 0 fully saturated rings. The molecule has 0 heterocycles. The highest BCUT2D eigenvalue weighted by Gasteiger charge is 2.27. The Morgan fingerprint density at radius 1 is 1.09 bits per heavy atom. The Morgan fingerprint density at radius 3 is 2.37 bits per heavy atom. The molecule has 0 aliphatic rings. The summed E-state index contributed by atoms with van der Waals surface area (Å²) in [5.74, 6) is -0.480. The Labute approximate surface area is 214 Å². The quantitative estimate of drug-likeness (QED) is 0.444. The third-order valence-electron chi connectivity index (χ3n) is 5.91. The molecule has 2 amide bonds. The van der Waals surface area contributed by atoms with Gasteiger partial charge >= 0.3 is 0 Å². The molecule has 2 atom stereocenters. The number of benzene rings is 2. The lowest BCUT2D eigenvalue weighted by molar-refractivity contribution is -0.140. The number of carbonyl (C=O) groups excluding carboxylic acids is 2. The van der Waals surface area contributed by atoms with Crippen LogP contribution in [0.15, 0.2) is 48.5 Å². The maximum atomic E-state index is 13.3. The van der Waals surface area contributed by atoms with E-state index in [1.54, 1.807) is 31.2 Å². The first-order chi connectivity index (χ1) is 16.4. The summed E-state index contributed by atoms with van der Waals surface area (Å²) in [5.41, 5.74) is 2.25. The number of sulfonamides is 1. The molecule has 35 heavy (non-hydrogen) atoms. The average Bonchev–Trinajstić information content (AvgIpc) is 2.79. The largest absolute Gasteiger partial charge is 0.352 e. The molecule has 2 rings (SSSR count). The maximum Gasteiger partial charge on any atom is 0.242 e. The zero-order valence-electron chi connectivity index (χ0n) is 21.1. The molecule has 2 aromatic carbocycles. The number of carbonyl (C=O) groups is 2. The van der Waals surface area contributed by atoms with Crippen LogP contribution in [0.5, 0.6) is 0 Å². The van der Waals surface area contributed by atoms with E-state index in [1.807, 2.05) is 45.0 Å². The minimum Gasteiger partial charge on any atom is -0.352 e. The molecule has 9 heteroatoms. The van der Waals surface area contributed by atoms with Crippen molar-refractivity contribution in [1.29, 1.82) is 0 Å². The normalized spacial score (nSPS) is 13.1. The van der Waals surface area contributed by atoms with Crippen molar-refractivity contribution in [2.24, 2.45) is 0 Å². The summed E-state index contributed by atoms with van der Waals surface area (Å²) in [6.07, 6.45) is 2.32. The Bertz CT molecular complexity index is 1120. The van der Waals surface area contributed by atoms with Crippen LogP contribution in [0.2, 0.25) is 5.02 Å². The fourth-order valence-corrected chi connectivity index (χ4v) is 4.80. The maximum absolute atomic E-state index is 13.3. The van der Waals surface area contributed by atoms with E-state index in [1.165, 1.54) is 9.21 Å². The van der Waals surface area contributed by atoms with Crippen molar-refractivity contribution in [3.63, 3.8) is 0 Å². The van der Waals surface area contributed by atoms with Crippen molar-refractivity contribution in [2.75, 3.05) is 17.1 Å². The van der Waals surface area contributed by atoms with Gasteiger partial charge < -0.3 is 10.2 Å². The summed E-state index contributed by atoms with van der Waals surface area (Å²) in [4.78, 5) is 27.7. The fraction of sp³-hybridized carbons (Fsp3) is 0.462. The lowest BCUT2D eigenvalue weighted by Crippen LogP contribution is -2.49. The highest BCUT2D eigenvalue weighted by Crippen LogP contribution is 2.22. The molecule has 0 aliphatic heterocycles. The van der Waals surface area contributed by atoms with Crippen LogP contribution < -0.4 is 9.62 Å². The van der Waals surface area contributed by atoms with E-state index in [4.69, 9.17) is 11.6 Å². The summed E-state index contributed by atoms with van der Waals surface area (Å²) in [5, 5.41) is 3.45. The standard InChI is InChI=1S/C26H36ClN3O4S/c1-6-20(3)28-26(32)21(4)29(18-22-12-7-8-14-24(22)27)25(31)15-10-16-30(35(5,33)34)23-13-9-11-19(2)17-23/h7-9,11-14,17,20-21H,6,10,15-16,18H2,1-5H3,(H,28,32)/t20-,21-/m0/s1. The summed E-state index contributed by atoms with van der Waals surface area (Å²) in [7, 11) is -3.53. The number of anilines is 1. The Hall–Kier alpha value is -2.58. The second-order valence-corrected chi connectivity index (χ2v) is 11.2. The molecule has 0 bridgehead atoms. The van der Waals surface area contributed by atoms with Crippen LogP contribution >= 0.6 is 11.6 Å². The number of nitrogens with one attached hydrogen (secondary N) is 1. The second kappa shape index (κ2) is 12.9. The van der Waals surface area contributed by atoms with Crippen LogP contribution in [-0.4, -0.2) is 50.0 Å². The molecule has 2 aromatic rings. The first-order valence-electron chi connectivity index (χ1n) is 11.8. The molecular weight excluding hydrogens is 486 g/mol. The van der Waals surface area contributed by atoms with Crippen molar-refractivity contribution in [2.45, 2.75) is 65.6 Å². The van der Waals surface area contributed by atoms with E-state index in [-0.39, 0.29) is 37.4 Å². The minimum absolute atomic E-state index is 0.0140. The molecule has 1 N–H and O–H groups in total. The number of hydrogen-bond acceptors (Lipinski definition) is 4. The fourth-order valence-electron chi connectivity index (χ4n) is 3.65. The number of amides is 2. The first kappa shape index (κ1) is 28.7. The zero-order chi connectivity index (χ0) is 26.2. The van der Waals surface area contributed by atoms with Gasteiger partial charge in [0.2, 0.25) is 21.8 Å². The van der Waals surface area contributed by atoms with Crippen LogP contribution in [0.3, 0.4) is 0 Å². The van der Waals surface area contributed by atoms with Crippen molar-refractivity contribution >= 4 is 39.1 Å². The van der Waals surface area contributed by atoms with Crippen molar-refractivity contribution < 1.29 is 18.0 Å². The molecule has 0 aromatic heterocycles. The van der Waals surface area contributed by atoms with Gasteiger partial charge in [0, 0.05) is 30.6 Å². The van der Waals surface area contributed by atoms with Gasteiger partial charge in [0.1, 0.15) is 6.04 Å². The lowest BCUT2D eigenvalue weighted by Gasteiger charge is -2.30. The number of aryl methyl sites for hydroxylation is 1. The third-order valence-corrected chi connectivity index (χ3v) is 7.47. The first-order valence-corrected chi connectivity index (χ1v) is 14.0. The van der Waals surface area contributed by atoms with Crippen LogP contribution in [0, 0.1) is 6.92 Å². The Morgan fingerprint density at radius 2 is 1.77 bits per heavy atom. The van der Waals surface area contributed by atoms with E-state index >= 15 is 0 Å². The average molecular weight is 522 g/mol. The predicted octanol–water partition coefficient (Wildman–Crippen LogP) is 4.53. The van der Waals surface area contributed by atoms with Crippen LogP contribution in [0.4, 0.5) is 5.69 Å². The number of hydrogen-bond donors (Lipinski definition) is 1. The zero-order valence-corrected chi connectivity index (χ0v) is 22.7. The van der Waals surface area contributed by atoms with Gasteiger partial charge in [-0.3, -0.25) is 13.9 Å². The molecule has 0 aliphatic carbocycles. The van der Waals surface area contributed by atoms with Gasteiger partial charge in [-0.1, -0.05) is 48.9 Å². The van der Waals surface area contributed by atoms with Gasteiger partial charge in [-0.2, -0.15) is 0 Å². The smallest absolute Gasteiger partial charge is 0.242 e. The molecule has 0 spiro atoms. The molecular formula is C26H36ClN3O4S. The van der Waals surface area contributed by atoms with Gasteiger partial charge in [0.25, 0.3) is 0 Å². The van der Waals surface area contributed by atoms with Gasteiger partial charge in [-0.05, 0) is 62.9 Å². The Kier molecular flexibility index (Phi) is 10.6. The number of rotatable bonds is 12. The van der Waals surface area contributed by atoms with E-state index < -0.39 is 16.1 Å². The van der Waals surface area contributed by atoms with Gasteiger partial charge in [0.15, 0.2) is 0 Å². The summed E-state index contributed by atoms with van der Waals surface area (Å²) >= 11 is 6.33. The van der Waals surface area contributed by atoms with Gasteiger partial charge in [0.05, 0.1) is 11.9 Å². The number of nitrogens with zero attached hydrogens (tertiary/aromatic N) is 2. The summed E-state index contributed by atoms with van der Waals surface area (Å²) in [6, 6.07) is 13.7. The Balaban J connectivity index is 2.19. The van der Waals surface area contributed by atoms with Crippen LogP contribution in [0.1, 0.15) is 51.2 Å². The molecule has 0 unspecified atom stereocenters. The summed E-state index contributed by atoms with van der Waals surface area (Å²) in [6.45, 7) is 7.82. The van der Waals surface area contributed by atoms with Crippen molar-refractivity contribution in [1.82, 2.24) is 10.2 Å². The lowest BCUT2D eigenvalue weighted by atomic mass is 10.1. The van der Waals surface area contributed by atoms with Crippen LogP contribution in [-0.2, 0) is 26.2 Å². The number of halogens is 1. The minimum atomic E-state index is -3.53. The third kappa shape index (κ3) is 8.54.